The van der Waals surface area contributed by atoms with E-state index in [1.165, 1.54) is 12.8 Å². The van der Waals surface area contributed by atoms with Gasteiger partial charge >= 0.3 is 5.97 Å². The van der Waals surface area contributed by atoms with Crippen LogP contribution in [0.3, 0.4) is 0 Å². The first-order valence-corrected chi connectivity index (χ1v) is 6.61. The average molecular weight is 248 g/mol. The Labute approximate surface area is 108 Å². The third-order valence-electron chi connectivity index (χ3n) is 3.62. The lowest BCUT2D eigenvalue weighted by atomic mass is 10.1. The van der Waals surface area contributed by atoms with E-state index in [-0.39, 0.29) is 0 Å². The number of carbonyl (C=O) groups is 1. The molecule has 1 heterocycles. The van der Waals surface area contributed by atoms with Gasteiger partial charge in [-0.1, -0.05) is 12.8 Å². The number of hydrogen-bond acceptors (Lipinski definition) is 3. The molecule has 0 saturated heterocycles. The van der Waals surface area contributed by atoms with E-state index in [9.17, 15) is 9.90 Å². The van der Waals surface area contributed by atoms with E-state index in [2.05, 4.69) is 16.8 Å². The topological polar surface area (TPSA) is 53.4 Å². The van der Waals surface area contributed by atoms with Crippen LogP contribution >= 0.6 is 0 Å². The van der Waals surface area contributed by atoms with Crippen molar-refractivity contribution in [2.45, 2.75) is 45.6 Å². The molecular formula is C14H20N2O2. The Kier molecular flexibility index (Phi) is 3.84. The van der Waals surface area contributed by atoms with Gasteiger partial charge in [-0.15, -0.1) is 0 Å². The van der Waals surface area contributed by atoms with Crippen LogP contribution in [0.1, 0.15) is 48.7 Å². The molecule has 0 aliphatic heterocycles. The normalized spacial score (nSPS) is 15.9. The number of nitrogens with zero attached hydrogens (tertiary/aromatic N) is 2. The minimum Gasteiger partial charge on any atom is -0.478 e. The molecule has 1 fully saturated rings. The first-order valence-electron chi connectivity index (χ1n) is 6.61. The molecule has 1 aromatic heterocycles. The zero-order valence-corrected chi connectivity index (χ0v) is 11.0. The summed E-state index contributed by atoms with van der Waals surface area (Å²) in [5.41, 5.74) is 1.18. The Bertz CT molecular complexity index is 439. The minimum atomic E-state index is -0.894. The molecule has 0 bridgehead atoms. The Morgan fingerprint density at radius 1 is 1.44 bits per heavy atom. The van der Waals surface area contributed by atoms with Gasteiger partial charge in [-0.3, -0.25) is 0 Å². The fourth-order valence-corrected chi connectivity index (χ4v) is 2.73. The van der Waals surface area contributed by atoms with Crippen LogP contribution in [0.5, 0.6) is 0 Å². The molecule has 1 aliphatic rings. The van der Waals surface area contributed by atoms with Gasteiger partial charge in [0.2, 0.25) is 0 Å². The number of aryl methyl sites for hydroxylation is 1. The monoisotopic (exact) mass is 248 g/mol. The van der Waals surface area contributed by atoms with Crippen molar-refractivity contribution in [3.05, 3.63) is 23.4 Å². The largest absolute Gasteiger partial charge is 0.478 e. The summed E-state index contributed by atoms with van der Waals surface area (Å²) in [5, 5.41) is 9.28. The number of hydrogen-bond donors (Lipinski definition) is 1. The number of pyridine rings is 1. The van der Waals surface area contributed by atoms with Crippen LogP contribution < -0.4 is 4.90 Å². The molecule has 1 N–H and O–H groups in total. The molecule has 4 heteroatoms. The molecule has 0 aromatic carbocycles. The quantitative estimate of drug-likeness (QED) is 0.890. The molecule has 0 amide bonds. The van der Waals surface area contributed by atoms with Crippen LogP contribution in [0, 0.1) is 6.92 Å². The first-order chi connectivity index (χ1) is 8.63. The maximum Gasteiger partial charge on any atom is 0.339 e. The fourth-order valence-electron chi connectivity index (χ4n) is 2.73. The third kappa shape index (κ3) is 2.47. The van der Waals surface area contributed by atoms with E-state index in [0.29, 0.717) is 17.4 Å². The van der Waals surface area contributed by atoms with E-state index in [4.69, 9.17) is 0 Å². The zero-order chi connectivity index (χ0) is 13.1. The molecule has 0 unspecified atom stereocenters. The van der Waals surface area contributed by atoms with Crippen molar-refractivity contribution in [2.75, 3.05) is 11.4 Å². The number of aromatic nitrogens is 1. The lowest BCUT2D eigenvalue weighted by molar-refractivity contribution is 0.0697. The molecule has 0 spiro atoms. The highest BCUT2D eigenvalue weighted by Gasteiger charge is 2.26. The molecule has 2 rings (SSSR count). The first kappa shape index (κ1) is 12.9. The molecule has 98 valence electrons. The molecule has 0 atom stereocenters. The summed E-state index contributed by atoms with van der Waals surface area (Å²) >= 11 is 0. The summed E-state index contributed by atoms with van der Waals surface area (Å²) in [6.07, 6.45) is 4.75. The zero-order valence-electron chi connectivity index (χ0n) is 11.0. The van der Waals surface area contributed by atoms with Gasteiger partial charge < -0.3 is 10.0 Å². The van der Waals surface area contributed by atoms with Crippen LogP contribution in [0.15, 0.2) is 12.1 Å². The average Bonchev–Trinajstić information content (AvgIpc) is 2.83. The Hall–Kier alpha value is -1.58. The van der Waals surface area contributed by atoms with Crippen LogP contribution in [0.2, 0.25) is 0 Å². The van der Waals surface area contributed by atoms with Crippen molar-refractivity contribution in [1.82, 2.24) is 4.98 Å². The van der Waals surface area contributed by atoms with Crippen LogP contribution in [-0.4, -0.2) is 28.6 Å². The molecule has 1 aromatic rings. The third-order valence-corrected chi connectivity index (χ3v) is 3.62. The predicted molar refractivity (Wildman–Crippen MR) is 71.2 cm³/mol. The lowest BCUT2D eigenvalue weighted by Crippen LogP contribution is -2.35. The van der Waals surface area contributed by atoms with Gasteiger partial charge in [0.25, 0.3) is 0 Å². The Morgan fingerprint density at radius 2 is 2.11 bits per heavy atom. The van der Waals surface area contributed by atoms with Gasteiger partial charge in [0.05, 0.1) is 0 Å². The molecular weight excluding hydrogens is 228 g/mol. The van der Waals surface area contributed by atoms with E-state index >= 15 is 0 Å². The van der Waals surface area contributed by atoms with Gasteiger partial charge in [-0.2, -0.15) is 0 Å². The van der Waals surface area contributed by atoms with Crippen LogP contribution in [0.4, 0.5) is 5.82 Å². The molecule has 1 saturated carbocycles. The summed E-state index contributed by atoms with van der Waals surface area (Å²) in [5.74, 6) is -0.258. The maximum atomic E-state index is 11.3. The van der Waals surface area contributed by atoms with Crippen LogP contribution in [-0.2, 0) is 0 Å². The summed E-state index contributed by atoms with van der Waals surface area (Å²) in [6, 6.07) is 3.87. The number of carboxylic acid groups (broad SMARTS) is 1. The standard InChI is InChI=1S/C14H20N2O2/c1-3-16(11-6-4-5-7-11)13-12(14(17)18)9-8-10(2)15-13/h8-9,11H,3-7H2,1-2H3,(H,17,18). The summed E-state index contributed by atoms with van der Waals surface area (Å²) in [4.78, 5) is 17.9. The van der Waals surface area contributed by atoms with Crippen molar-refractivity contribution in [1.29, 1.82) is 0 Å². The fraction of sp³-hybridized carbons (Fsp3) is 0.571. The predicted octanol–water partition coefficient (Wildman–Crippen LogP) is 2.86. The van der Waals surface area contributed by atoms with Crippen molar-refractivity contribution in [3.63, 3.8) is 0 Å². The number of anilines is 1. The maximum absolute atomic E-state index is 11.3. The second kappa shape index (κ2) is 5.38. The summed E-state index contributed by atoms with van der Waals surface area (Å²) < 4.78 is 0. The number of carboxylic acids is 1. The van der Waals surface area contributed by atoms with Gasteiger partial charge in [-0.05, 0) is 38.8 Å². The smallest absolute Gasteiger partial charge is 0.339 e. The van der Waals surface area contributed by atoms with Crippen molar-refractivity contribution in [2.24, 2.45) is 0 Å². The lowest BCUT2D eigenvalue weighted by Gasteiger charge is -2.30. The highest BCUT2D eigenvalue weighted by atomic mass is 16.4. The van der Waals surface area contributed by atoms with Crippen molar-refractivity contribution >= 4 is 11.8 Å². The van der Waals surface area contributed by atoms with Gasteiger partial charge in [0.15, 0.2) is 0 Å². The second-order valence-electron chi connectivity index (χ2n) is 4.85. The van der Waals surface area contributed by atoms with E-state index in [1.807, 2.05) is 6.92 Å². The molecule has 0 radical (unpaired) electrons. The van der Waals surface area contributed by atoms with E-state index < -0.39 is 5.97 Å². The van der Waals surface area contributed by atoms with E-state index in [1.54, 1.807) is 12.1 Å². The van der Waals surface area contributed by atoms with Gasteiger partial charge in [0.1, 0.15) is 11.4 Å². The Morgan fingerprint density at radius 3 is 2.67 bits per heavy atom. The highest BCUT2D eigenvalue weighted by molar-refractivity contribution is 5.93. The summed E-state index contributed by atoms with van der Waals surface area (Å²) in [6.45, 7) is 4.77. The number of rotatable bonds is 4. The Balaban J connectivity index is 2.39. The van der Waals surface area contributed by atoms with E-state index in [0.717, 1.165) is 25.1 Å². The van der Waals surface area contributed by atoms with Crippen molar-refractivity contribution < 1.29 is 9.90 Å². The molecule has 4 nitrogen and oxygen atoms in total. The van der Waals surface area contributed by atoms with Crippen LogP contribution in [0.25, 0.3) is 0 Å². The SMILES string of the molecule is CCN(c1nc(C)ccc1C(=O)O)C1CCCC1. The highest BCUT2D eigenvalue weighted by Crippen LogP contribution is 2.29. The van der Waals surface area contributed by atoms with Gasteiger partial charge in [-0.25, -0.2) is 9.78 Å². The number of aromatic carboxylic acids is 1. The summed E-state index contributed by atoms with van der Waals surface area (Å²) in [7, 11) is 0. The molecule has 18 heavy (non-hydrogen) atoms. The molecule has 1 aliphatic carbocycles. The minimum absolute atomic E-state index is 0.314. The second-order valence-corrected chi connectivity index (χ2v) is 4.85. The van der Waals surface area contributed by atoms with Crippen molar-refractivity contribution in [3.8, 4) is 0 Å². The van der Waals surface area contributed by atoms with Gasteiger partial charge in [0, 0.05) is 18.3 Å².